The Balaban J connectivity index is 2.42. The molecule has 0 bridgehead atoms. The van der Waals surface area contributed by atoms with Crippen molar-refractivity contribution in [2.75, 3.05) is 5.32 Å². The van der Waals surface area contributed by atoms with Crippen molar-refractivity contribution in [3.05, 3.63) is 33.9 Å². The molecule has 1 heterocycles. The summed E-state index contributed by atoms with van der Waals surface area (Å²) in [5.74, 6) is 0. The van der Waals surface area contributed by atoms with Gasteiger partial charge in [0.1, 0.15) is 6.61 Å². The molecular formula is C8H6N2O4. The Morgan fingerprint density at radius 2 is 2.29 bits per heavy atom. The number of nitro groups is 1. The van der Waals surface area contributed by atoms with Crippen molar-refractivity contribution in [1.29, 1.82) is 0 Å². The molecule has 0 aromatic heterocycles. The summed E-state index contributed by atoms with van der Waals surface area (Å²) in [6.07, 6.45) is -0.585. The molecule has 0 saturated carbocycles. The lowest BCUT2D eigenvalue weighted by molar-refractivity contribution is -0.384. The first-order chi connectivity index (χ1) is 6.66. The topological polar surface area (TPSA) is 81.5 Å². The molecule has 0 atom stereocenters. The number of carbonyl (C=O) groups is 1. The van der Waals surface area contributed by atoms with Gasteiger partial charge >= 0.3 is 6.09 Å². The molecule has 1 aromatic rings. The molecule has 72 valence electrons. The SMILES string of the molecule is O=C1Nc2cc([N+](=O)[O-])ccc2CO1. The van der Waals surface area contributed by atoms with Crippen molar-refractivity contribution in [2.24, 2.45) is 0 Å². The van der Waals surface area contributed by atoms with E-state index in [-0.39, 0.29) is 12.3 Å². The molecule has 0 radical (unpaired) electrons. The first-order valence-corrected chi connectivity index (χ1v) is 3.88. The Hall–Kier alpha value is -2.11. The summed E-state index contributed by atoms with van der Waals surface area (Å²) in [5.41, 5.74) is 1.12. The maximum atomic E-state index is 10.8. The minimum atomic E-state index is -0.585. The molecule has 0 fully saturated rings. The monoisotopic (exact) mass is 194 g/mol. The van der Waals surface area contributed by atoms with Gasteiger partial charge in [-0.05, 0) is 6.07 Å². The number of fused-ring (bicyclic) bond motifs is 1. The highest BCUT2D eigenvalue weighted by Crippen LogP contribution is 2.25. The van der Waals surface area contributed by atoms with Gasteiger partial charge in [0.25, 0.3) is 5.69 Å². The number of cyclic esters (lactones) is 1. The molecule has 0 unspecified atom stereocenters. The molecule has 2 rings (SSSR count). The van der Waals surface area contributed by atoms with Crippen LogP contribution in [0.25, 0.3) is 0 Å². The van der Waals surface area contributed by atoms with Crippen LogP contribution in [0.3, 0.4) is 0 Å². The first kappa shape index (κ1) is 8.49. The quantitative estimate of drug-likeness (QED) is 0.544. The Morgan fingerprint density at radius 1 is 1.50 bits per heavy atom. The van der Waals surface area contributed by atoms with Gasteiger partial charge in [0, 0.05) is 17.7 Å². The molecule has 0 aliphatic carbocycles. The summed E-state index contributed by atoms with van der Waals surface area (Å²) in [6.45, 7) is 0.152. The fourth-order valence-electron chi connectivity index (χ4n) is 1.21. The number of nitro benzene ring substituents is 1. The number of non-ortho nitro benzene ring substituents is 1. The van der Waals surface area contributed by atoms with Crippen molar-refractivity contribution in [3.8, 4) is 0 Å². The molecule has 1 aromatic carbocycles. The molecular weight excluding hydrogens is 188 g/mol. The first-order valence-electron chi connectivity index (χ1n) is 3.88. The average Bonchev–Trinajstić information content (AvgIpc) is 2.16. The number of carbonyl (C=O) groups excluding carboxylic acids is 1. The number of anilines is 1. The number of nitrogens with zero attached hydrogens (tertiary/aromatic N) is 1. The summed E-state index contributed by atoms with van der Waals surface area (Å²) in [4.78, 5) is 20.7. The molecule has 6 heteroatoms. The summed E-state index contributed by atoms with van der Waals surface area (Å²) >= 11 is 0. The number of rotatable bonds is 1. The van der Waals surface area contributed by atoms with Crippen molar-refractivity contribution in [3.63, 3.8) is 0 Å². The lowest BCUT2D eigenvalue weighted by Gasteiger charge is -2.16. The van der Waals surface area contributed by atoms with Crippen LogP contribution in [0, 0.1) is 10.1 Å². The second-order valence-electron chi connectivity index (χ2n) is 2.80. The maximum absolute atomic E-state index is 10.8. The van der Waals surface area contributed by atoms with E-state index in [9.17, 15) is 14.9 Å². The minimum absolute atomic E-state index is 0.0500. The average molecular weight is 194 g/mol. The smallest absolute Gasteiger partial charge is 0.411 e. The zero-order valence-electron chi connectivity index (χ0n) is 7.02. The van der Waals surface area contributed by atoms with Crippen molar-refractivity contribution in [1.82, 2.24) is 0 Å². The third-order valence-corrected chi connectivity index (χ3v) is 1.90. The van der Waals surface area contributed by atoms with Crippen molar-refractivity contribution >= 4 is 17.5 Å². The van der Waals surface area contributed by atoms with Crippen LogP contribution in [0.1, 0.15) is 5.56 Å². The van der Waals surface area contributed by atoms with E-state index in [4.69, 9.17) is 0 Å². The summed E-state index contributed by atoms with van der Waals surface area (Å²) < 4.78 is 4.68. The van der Waals surface area contributed by atoms with Crippen LogP contribution in [-0.2, 0) is 11.3 Å². The Labute approximate surface area is 78.6 Å². The Morgan fingerprint density at radius 3 is 3.00 bits per heavy atom. The molecule has 1 N–H and O–H groups in total. The molecule has 0 spiro atoms. The molecule has 1 amide bonds. The molecule has 1 aliphatic heterocycles. The van der Waals surface area contributed by atoms with E-state index < -0.39 is 11.0 Å². The van der Waals surface area contributed by atoms with E-state index in [0.29, 0.717) is 5.69 Å². The van der Waals surface area contributed by atoms with Gasteiger partial charge < -0.3 is 4.74 Å². The van der Waals surface area contributed by atoms with Gasteiger partial charge in [0.2, 0.25) is 0 Å². The van der Waals surface area contributed by atoms with Crippen LogP contribution in [0.4, 0.5) is 16.2 Å². The maximum Gasteiger partial charge on any atom is 0.411 e. The van der Waals surface area contributed by atoms with Gasteiger partial charge in [-0.3, -0.25) is 15.4 Å². The standard InChI is InChI=1S/C8H6N2O4/c11-8-9-7-3-6(10(12)13)2-1-5(7)4-14-8/h1-3H,4H2,(H,9,11). The third-order valence-electron chi connectivity index (χ3n) is 1.90. The third kappa shape index (κ3) is 1.37. The van der Waals surface area contributed by atoms with E-state index >= 15 is 0 Å². The predicted octanol–water partition coefficient (Wildman–Crippen LogP) is 1.66. The van der Waals surface area contributed by atoms with Crippen molar-refractivity contribution < 1.29 is 14.5 Å². The van der Waals surface area contributed by atoms with Crippen LogP contribution < -0.4 is 5.32 Å². The lowest BCUT2D eigenvalue weighted by atomic mass is 10.1. The van der Waals surface area contributed by atoms with Gasteiger partial charge in [0.15, 0.2) is 0 Å². The fourth-order valence-corrected chi connectivity index (χ4v) is 1.21. The number of nitrogens with one attached hydrogen (secondary N) is 1. The summed E-state index contributed by atoms with van der Waals surface area (Å²) in [6, 6.07) is 4.25. The number of hydrogen-bond acceptors (Lipinski definition) is 4. The van der Waals surface area contributed by atoms with E-state index in [1.54, 1.807) is 6.07 Å². The molecule has 14 heavy (non-hydrogen) atoms. The van der Waals surface area contributed by atoms with E-state index in [1.165, 1.54) is 12.1 Å². The van der Waals surface area contributed by atoms with E-state index in [0.717, 1.165) is 5.56 Å². The highest BCUT2D eigenvalue weighted by Gasteiger charge is 2.18. The predicted molar refractivity (Wildman–Crippen MR) is 46.9 cm³/mol. The molecule has 0 saturated heterocycles. The summed E-state index contributed by atoms with van der Waals surface area (Å²) in [5, 5.41) is 12.8. The molecule has 1 aliphatic rings. The normalized spacial score (nSPS) is 13.9. The van der Waals surface area contributed by atoms with E-state index in [1.807, 2.05) is 0 Å². The minimum Gasteiger partial charge on any atom is -0.444 e. The van der Waals surface area contributed by atoms with Gasteiger partial charge in [-0.1, -0.05) is 0 Å². The van der Waals surface area contributed by atoms with Crippen LogP contribution in [0.5, 0.6) is 0 Å². The Kier molecular flexibility index (Phi) is 1.81. The fraction of sp³-hybridized carbons (Fsp3) is 0.125. The second-order valence-corrected chi connectivity index (χ2v) is 2.80. The van der Waals surface area contributed by atoms with Crippen LogP contribution in [0.15, 0.2) is 18.2 Å². The largest absolute Gasteiger partial charge is 0.444 e. The van der Waals surface area contributed by atoms with Gasteiger partial charge in [-0.25, -0.2) is 4.79 Å². The lowest BCUT2D eigenvalue weighted by Crippen LogP contribution is -2.20. The number of benzene rings is 1. The van der Waals surface area contributed by atoms with Crippen LogP contribution in [-0.4, -0.2) is 11.0 Å². The van der Waals surface area contributed by atoms with Crippen LogP contribution in [0.2, 0.25) is 0 Å². The highest BCUT2D eigenvalue weighted by atomic mass is 16.6. The molecule has 6 nitrogen and oxygen atoms in total. The second kappa shape index (κ2) is 2.99. The Bertz CT molecular complexity index is 416. The summed E-state index contributed by atoms with van der Waals surface area (Å²) in [7, 11) is 0. The zero-order chi connectivity index (χ0) is 10.1. The highest BCUT2D eigenvalue weighted by molar-refractivity contribution is 5.88. The number of hydrogen-bond donors (Lipinski definition) is 1. The number of amides is 1. The zero-order valence-corrected chi connectivity index (χ0v) is 7.02. The van der Waals surface area contributed by atoms with Crippen molar-refractivity contribution in [2.45, 2.75) is 6.61 Å². The van der Waals surface area contributed by atoms with Gasteiger partial charge in [-0.2, -0.15) is 0 Å². The van der Waals surface area contributed by atoms with Gasteiger partial charge in [0.05, 0.1) is 10.6 Å². The van der Waals surface area contributed by atoms with Crippen LogP contribution >= 0.6 is 0 Å². The number of ether oxygens (including phenoxy) is 1. The van der Waals surface area contributed by atoms with E-state index in [2.05, 4.69) is 10.1 Å². The van der Waals surface area contributed by atoms with Gasteiger partial charge in [-0.15, -0.1) is 0 Å².